The molecular weight excluding hydrogens is 558 g/mol. The summed E-state index contributed by atoms with van der Waals surface area (Å²) in [5.41, 5.74) is 8.42. The van der Waals surface area contributed by atoms with Gasteiger partial charge in [0.15, 0.2) is 0 Å². The highest BCUT2D eigenvalue weighted by molar-refractivity contribution is 7.17. The van der Waals surface area contributed by atoms with Crippen molar-refractivity contribution in [2.24, 2.45) is 7.05 Å². The molecule has 5 aromatic rings. The van der Waals surface area contributed by atoms with Crippen LogP contribution in [0.25, 0.3) is 21.1 Å². The first-order valence-electron chi connectivity index (χ1n) is 15.1. The molecule has 2 aromatic carbocycles. The van der Waals surface area contributed by atoms with E-state index in [4.69, 9.17) is 14.5 Å². The molecule has 0 bridgehead atoms. The maximum atomic E-state index is 13.1. The van der Waals surface area contributed by atoms with Gasteiger partial charge >= 0.3 is 5.97 Å². The van der Waals surface area contributed by atoms with Crippen molar-refractivity contribution in [3.05, 3.63) is 81.5 Å². The normalized spacial score (nSPS) is 17.9. The average molecular weight is 598 g/mol. The first kappa shape index (κ1) is 29.3. The first-order valence-corrected chi connectivity index (χ1v) is 16.0. The van der Waals surface area contributed by atoms with E-state index in [1.54, 1.807) is 11.3 Å². The fraction of sp³-hybridized carbons (Fsp3) is 0.412. The van der Waals surface area contributed by atoms with Gasteiger partial charge in [-0.15, -0.1) is 16.4 Å². The molecule has 224 valence electrons. The van der Waals surface area contributed by atoms with Gasteiger partial charge in [-0.1, -0.05) is 24.3 Å². The van der Waals surface area contributed by atoms with Gasteiger partial charge < -0.3 is 9.47 Å². The van der Waals surface area contributed by atoms with Crippen molar-refractivity contribution in [1.82, 2.24) is 24.9 Å². The molecule has 0 amide bonds. The fourth-order valence-electron chi connectivity index (χ4n) is 6.51. The number of rotatable bonds is 8. The molecule has 0 N–H and O–H groups in total. The second-order valence-corrected chi connectivity index (χ2v) is 12.5. The molecule has 1 aliphatic rings. The van der Waals surface area contributed by atoms with Gasteiger partial charge in [-0.05, 0) is 97.0 Å². The molecule has 8 nitrogen and oxygen atoms in total. The van der Waals surface area contributed by atoms with Crippen molar-refractivity contribution in [2.75, 3.05) is 13.2 Å². The minimum atomic E-state index is -0.206. The maximum absolute atomic E-state index is 13.1. The number of carbonyl (C=O) groups excluding carboxylic acids is 1. The number of benzene rings is 2. The van der Waals surface area contributed by atoms with Crippen molar-refractivity contribution in [3.63, 3.8) is 0 Å². The lowest BCUT2D eigenvalue weighted by molar-refractivity contribution is -0.143. The van der Waals surface area contributed by atoms with Gasteiger partial charge in [-0.25, -0.2) is 4.68 Å². The number of hydrogen-bond acceptors (Lipinski definition) is 8. The van der Waals surface area contributed by atoms with E-state index in [1.807, 2.05) is 37.0 Å². The zero-order chi connectivity index (χ0) is 30.2. The van der Waals surface area contributed by atoms with Crippen molar-refractivity contribution >= 4 is 38.4 Å². The molecular formula is C34H39N5O3S. The molecule has 0 saturated heterocycles. The van der Waals surface area contributed by atoms with Crippen molar-refractivity contribution < 1.29 is 14.3 Å². The summed E-state index contributed by atoms with van der Waals surface area (Å²) in [5.74, 6) is 0.476. The Morgan fingerprint density at radius 2 is 2.05 bits per heavy atom. The van der Waals surface area contributed by atoms with E-state index in [-0.39, 0.29) is 30.5 Å². The predicted molar refractivity (Wildman–Crippen MR) is 171 cm³/mol. The first-order chi connectivity index (χ1) is 20.8. The molecule has 0 saturated carbocycles. The summed E-state index contributed by atoms with van der Waals surface area (Å²) < 4.78 is 15.0. The van der Waals surface area contributed by atoms with Crippen molar-refractivity contribution in [2.45, 2.75) is 72.1 Å². The van der Waals surface area contributed by atoms with Gasteiger partial charge in [0, 0.05) is 37.0 Å². The number of aryl methyl sites for hydroxylation is 3. The highest BCUT2D eigenvalue weighted by Gasteiger charge is 2.30. The highest BCUT2D eigenvalue weighted by atomic mass is 32.1. The zero-order valence-corrected chi connectivity index (χ0v) is 26.6. The molecule has 1 unspecified atom stereocenters. The Morgan fingerprint density at radius 1 is 1.21 bits per heavy atom. The Labute approximate surface area is 256 Å². The molecule has 9 heteroatoms. The number of esters is 1. The zero-order valence-electron chi connectivity index (χ0n) is 25.8. The van der Waals surface area contributed by atoms with Crippen LogP contribution in [0, 0.1) is 13.8 Å². The van der Waals surface area contributed by atoms with Crippen LogP contribution >= 0.6 is 11.3 Å². The van der Waals surface area contributed by atoms with E-state index in [9.17, 15) is 4.79 Å². The molecule has 0 aliphatic carbocycles. The van der Waals surface area contributed by atoms with Crippen LogP contribution in [0.3, 0.4) is 0 Å². The third-order valence-electron chi connectivity index (χ3n) is 8.77. The molecule has 0 spiro atoms. The molecule has 4 heterocycles. The number of aromatic nitrogens is 4. The highest BCUT2D eigenvalue weighted by Crippen LogP contribution is 2.40. The van der Waals surface area contributed by atoms with Crippen LogP contribution in [-0.2, 0) is 23.1 Å². The van der Waals surface area contributed by atoms with E-state index in [2.05, 4.69) is 72.6 Å². The third kappa shape index (κ3) is 5.52. The Morgan fingerprint density at radius 3 is 2.84 bits per heavy atom. The number of pyridine rings is 1. The van der Waals surface area contributed by atoms with Crippen molar-refractivity contribution in [3.8, 4) is 5.75 Å². The number of thiophene rings is 1. The summed E-state index contributed by atoms with van der Waals surface area (Å²) in [7, 11) is 1.92. The van der Waals surface area contributed by atoms with Crippen LogP contribution in [0.1, 0.15) is 79.1 Å². The SMILES string of the molecule is CCOC(=O)CC(c1cc(CN2C[C@@H](CC)Oc3cccnc3[C@@H]2C)c2sccc2c1)c1cc(C)c2c(nnn2C)c1C. The van der Waals surface area contributed by atoms with Crippen LogP contribution < -0.4 is 4.74 Å². The van der Waals surface area contributed by atoms with Gasteiger partial charge in [0.1, 0.15) is 17.4 Å². The van der Waals surface area contributed by atoms with Crippen LogP contribution in [0.5, 0.6) is 5.75 Å². The Hall–Kier alpha value is -3.82. The van der Waals surface area contributed by atoms with Gasteiger partial charge in [-0.3, -0.25) is 14.7 Å². The average Bonchev–Trinajstić information content (AvgIpc) is 3.61. The number of ether oxygens (including phenoxy) is 2. The Balaban J connectivity index is 1.46. The number of hydrogen-bond donors (Lipinski definition) is 0. The minimum absolute atomic E-state index is 0.0794. The molecule has 3 atom stereocenters. The second-order valence-electron chi connectivity index (χ2n) is 11.5. The quantitative estimate of drug-likeness (QED) is 0.178. The standard InChI is InChI=1S/C34H39N5O3S/c1-7-26-19-39(22(5)32-29(42-26)10-9-12-35-32)18-25-16-24(15-23-11-13-43-34(23)25)28(17-30(40)41-8-2)27-14-20(3)33-31(21(27)4)36-37-38(33)6/h9-16,22,26,28H,7-8,17-19H2,1-6H3/t22-,26+,28?/m0/s1. The monoisotopic (exact) mass is 597 g/mol. The molecule has 3 aromatic heterocycles. The summed E-state index contributed by atoms with van der Waals surface area (Å²) >= 11 is 1.76. The fourth-order valence-corrected chi connectivity index (χ4v) is 7.40. The van der Waals surface area contributed by atoms with E-state index in [0.29, 0.717) is 6.61 Å². The summed E-state index contributed by atoms with van der Waals surface area (Å²) in [5, 5.41) is 12.1. The maximum Gasteiger partial charge on any atom is 0.306 e. The summed E-state index contributed by atoms with van der Waals surface area (Å²) in [6.45, 7) is 12.3. The van der Waals surface area contributed by atoms with Crippen molar-refractivity contribution in [1.29, 1.82) is 0 Å². The lowest BCUT2D eigenvalue weighted by Gasteiger charge is -2.29. The Bertz CT molecular complexity index is 1790. The lowest BCUT2D eigenvalue weighted by Crippen LogP contribution is -2.34. The van der Waals surface area contributed by atoms with Gasteiger partial charge in [-0.2, -0.15) is 0 Å². The largest absolute Gasteiger partial charge is 0.487 e. The van der Waals surface area contributed by atoms with Gasteiger partial charge in [0.2, 0.25) is 0 Å². The summed E-state index contributed by atoms with van der Waals surface area (Å²) in [6.07, 6.45) is 3.09. The van der Waals surface area contributed by atoms with E-state index in [1.165, 1.54) is 15.6 Å². The van der Waals surface area contributed by atoms with E-state index in [0.717, 1.165) is 64.2 Å². The van der Waals surface area contributed by atoms with E-state index < -0.39 is 0 Å². The molecule has 0 radical (unpaired) electrons. The predicted octanol–water partition coefficient (Wildman–Crippen LogP) is 7.01. The Kier molecular flexibility index (Phi) is 8.20. The van der Waals surface area contributed by atoms with Gasteiger partial charge in [0.05, 0.1) is 30.3 Å². The summed E-state index contributed by atoms with van der Waals surface area (Å²) in [4.78, 5) is 20.3. The number of carbonyl (C=O) groups is 1. The minimum Gasteiger partial charge on any atom is -0.487 e. The molecule has 0 fully saturated rings. The third-order valence-corrected chi connectivity index (χ3v) is 9.77. The van der Waals surface area contributed by atoms with Crippen LogP contribution in [0.2, 0.25) is 0 Å². The van der Waals surface area contributed by atoms with Crippen LogP contribution in [-0.4, -0.2) is 50.1 Å². The topological polar surface area (TPSA) is 82.4 Å². The number of nitrogens with zero attached hydrogens (tertiary/aromatic N) is 5. The smallest absolute Gasteiger partial charge is 0.306 e. The molecule has 6 rings (SSSR count). The van der Waals surface area contributed by atoms with Crippen LogP contribution in [0.4, 0.5) is 0 Å². The van der Waals surface area contributed by atoms with E-state index >= 15 is 0 Å². The van der Waals surface area contributed by atoms with Gasteiger partial charge in [0.25, 0.3) is 0 Å². The second kappa shape index (κ2) is 12.1. The number of fused-ring (bicyclic) bond motifs is 3. The summed E-state index contributed by atoms with van der Waals surface area (Å²) in [6, 6.07) is 13.0. The molecule has 1 aliphatic heterocycles. The van der Waals surface area contributed by atoms with Crippen LogP contribution in [0.15, 0.2) is 48.0 Å². The lowest BCUT2D eigenvalue weighted by atomic mass is 9.83. The molecule has 43 heavy (non-hydrogen) atoms.